The van der Waals surface area contributed by atoms with Crippen LogP contribution >= 0.6 is 0 Å². The van der Waals surface area contributed by atoms with Gasteiger partial charge in [-0.05, 0) is 44.2 Å². The van der Waals surface area contributed by atoms with Crippen LogP contribution in [0, 0.1) is 23.7 Å². The maximum absolute atomic E-state index is 12.7. The number of hydrazone groups is 1. The van der Waals surface area contributed by atoms with Crippen LogP contribution < -0.4 is 9.47 Å². The van der Waals surface area contributed by atoms with Crippen LogP contribution in [0.3, 0.4) is 0 Å². The fourth-order valence-electron chi connectivity index (χ4n) is 4.28. The van der Waals surface area contributed by atoms with Crippen molar-refractivity contribution in [2.75, 3.05) is 13.2 Å². The highest BCUT2D eigenvalue weighted by Gasteiger charge is 2.59. The summed E-state index contributed by atoms with van der Waals surface area (Å²) in [5.41, 5.74) is 0.703. The fourth-order valence-corrected chi connectivity index (χ4v) is 4.28. The van der Waals surface area contributed by atoms with Crippen LogP contribution in [-0.4, -0.2) is 36.3 Å². The van der Waals surface area contributed by atoms with Crippen LogP contribution in [0.15, 0.2) is 35.5 Å². The lowest BCUT2D eigenvalue weighted by Crippen LogP contribution is -2.28. The molecule has 2 fully saturated rings. The van der Waals surface area contributed by atoms with Gasteiger partial charge in [-0.25, -0.2) is 0 Å². The highest BCUT2D eigenvalue weighted by molar-refractivity contribution is 6.06. The third-order valence-corrected chi connectivity index (χ3v) is 5.36. The summed E-state index contributed by atoms with van der Waals surface area (Å²) in [5, 5.41) is 5.26. The molecule has 1 heterocycles. The monoisotopic (exact) mass is 354 g/mol. The van der Waals surface area contributed by atoms with Gasteiger partial charge in [0.2, 0.25) is 0 Å². The molecule has 2 aliphatic carbocycles. The molecule has 2 amide bonds. The van der Waals surface area contributed by atoms with Gasteiger partial charge >= 0.3 is 0 Å². The summed E-state index contributed by atoms with van der Waals surface area (Å²) in [7, 11) is 0. The normalized spacial score (nSPS) is 29.1. The Morgan fingerprint density at radius 1 is 1.08 bits per heavy atom. The third kappa shape index (κ3) is 2.60. The van der Waals surface area contributed by atoms with Crippen LogP contribution in [-0.2, 0) is 9.59 Å². The predicted octanol–water partition coefficient (Wildman–Crippen LogP) is 2.63. The Morgan fingerprint density at radius 2 is 1.73 bits per heavy atom. The van der Waals surface area contributed by atoms with E-state index in [0.29, 0.717) is 30.3 Å². The molecular weight excluding hydrogens is 332 g/mol. The molecule has 1 aromatic rings. The highest BCUT2D eigenvalue weighted by Crippen LogP contribution is 2.52. The first kappa shape index (κ1) is 16.8. The molecule has 6 heteroatoms. The maximum atomic E-state index is 12.7. The molecule has 1 aromatic carbocycles. The first-order valence-electron chi connectivity index (χ1n) is 9.13. The first-order valence-corrected chi connectivity index (χ1v) is 9.13. The van der Waals surface area contributed by atoms with Crippen LogP contribution in [0.2, 0.25) is 0 Å². The van der Waals surface area contributed by atoms with E-state index in [2.05, 4.69) is 17.3 Å². The van der Waals surface area contributed by atoms with Gasteiger partial charge in [0, 0.05) is 11.6 Å². The number of fused-ring (bicyclic) bond motifs is 5. The van der Waals surface area contributed by atoms with Gasteiger partial charge in [-0.2, -0.15) is 10.1 Å². The standard InChI is InChI=1S/C20H22N2O4/c1-3-25-15-8-7-14(16(10-15)26-4-2)11-21-22-19(23)17-12-5-6-13(9-12)18(17)20(22)24/h5-8,10-13,17-18H,3-4,9H2,1-2H3/b21-11+. The Labute approximate surface area is 152 Å². The molecule has 4 unspecified atom stereocenters. The second kappa shape index (κ2) is 6.59. The number of imide groups is 1. The van der Waals surface area contributed by atoms with E-state index in [1.165, 1.54) is 6.21 Å². The van der Waals surface area contributed by atoms with Gasteiger partial charge in [0.1, 0.15) is 11.5 Å². The lowest BCUT2D eigenvalue weighted by molar-refractivity contribution is -0.140. The first-order chi connectivity index (χ1) is 12.6. The molecule has 1 saturated heterocycles. The minimum absolute atomic E-state index is 0.183. The van der Waals surface area contributed by atoms with E-state index < -0.39 is 0 Å². The molecule has 0 aromatic heterocycles. The summed E-state index contributed by atoms with van der Waals surface area (Å²) >= 11 is 0. The van der Waals surface area contributed by atoms with E-state index in [1.807, 2.05) is 26.0 Å². The van der Waals surface area contributed by atoms with E-state index in [9.17, 15) is 9.59 Å². The van der Waals surface area contributed by atoms with E-state index in [1.54, 1.807) is 6.07 Å². The average molecular weight is 354 g/mol. The van der Waals surface area contributed by atoms with Gasteiger partial charge in [0.05, 0.1) is 31.3 Å². The molecule has 2 bridgehead atoms. The van der Waals surface area contributed by atoms with Gasteiger partial charge in [0.15, 0.2) is 0 Å². The maximum Gasteiger partial charge on any atom is 0.254 e. The zero-order valence-electron chi connectivity index (χ0n) is 14.9. The van der Waals surface area contributed by atoms with Crippen LogP contribution in [0.5, 0.6) is 11.5 Å². The van der Waals surface area contributed by atoms with Crippen molar-refractivity contribution >= 4 is 18.0 Å². The summed E-state index contributed by atoms with van der Waals surface area (Å²) in [6.07, 6.45) is 6.58. The molecule has 6 nitrogen and oxygen atoms in total. The van der Waals surface area contributed by atoms with Crippen molar-refractivity contribution < 1.29 is 19.1 Å². The Bertz CT molecular complexity index is 771. The molecular formula is C20H22N2O4. The van der Waals surface area contributed by atoms with Gasteiger partial charge < -0.3 is 9.47 Å². The van der Waals surface area contributed by atoms with E-state index in [-0.39, 0.29) is 35.5 Å². The predicted molar refractivity (Wildman–Crippen MR) is 95.9 cm³/mol. The number of carbonyl (C=O) groups is 2. The molecule has 0 radical (unpaired) electrons. The van der Waals surface area contributed by atoms with Crippen molar-refractivity contribution in [2.45, 2.75) is 20.3 Å². The zero-order chi connectivity index (χ0) is 18.3. The van der Waals surface area contributed by atoms with Gasteiger partial charge in [-0.15, -0.1) is 0 Å². The van der Waals surface area contributed by atoms with Gasteiger partial charge in [-0.3, -0.25) is 9.59 Å². The van der Waals surface area contributed by atoms with E-state index in [4.69, 9.17) is 9.47 Å². The molecule has 0 spiro atoms. The molecule has 4 rings (SSSR count). The molecule has 136 valence electrons. The van der Waals surface area contributed by atoms with Crippen LogP contribution in [0.25, 0.3) is 0 Å². The fraction of sp³-hybridized carbons (Fsp3) is 0.450. The Kier molecular flexibility index (Phi) is 4.26. The second-order valence-electron chi connectivity index (χ2n) is 6.80. The smallest absolute Gasteiger partial charge is 0.254 e. The van der Waals surface area contributed by atoms with Crippen molar-refractivity contribution in [1.82, 2.24) is 5.01 Å². The van der Waals surface area contributed by atoms with Gasteiger partial charge in [0.25, 0.3) is 11.8 Å². The quantitative estimate of drug-likeness (QED) is 0.447. The SMILES string of the molecule is CCOc1ccc(/C=N/N2C(=O)C3C4C=CC(C4)C3C2=O)c(OCC)c1. The summed E-state index contributed by atoms with van der Waals surface area (Å²) in [6, 6.07) is 5.43. The van der Waals surface area contributed by atoms with Crippen molar-refractivity contribution in [3.63, 3.8) is 0 Å². The Morgan fingerprint density at radius 3 is 2.35 bits per heavy atom. The summed E-state index contributed by atoms with van der Waals surface area (Å²) in [6.45, 7) is 4.87. The number of hydrogen-bond donors (Lipinski definition) is 0. The molecule has 26 heavy (non-hydrogen) atoms. The second-order valence-corrected chi connectivity index (χ2v) is 6.80. The number of allylic oxidation sites excluding steroid dienone is 2. The third-order valence-electron chi connectivity index (χ3n) is 5.36. The highest BCUT2D eigenvalue weighted by atomic mass is 16.5. The molecule has 1 aliphatic heterocycles. The number of benzene rings is 1. The van der Waals surface area contributed by atoms with E-state index in [0.717, 1.165) is 11.4 Å². The minimum Gasteiger partial charge on any atom is -0.494 e. The summed E-state index contributed by atoms with van der Waals surface area (Å²) < 4.78 is 11.1. The number of ether oxygens (including phenoxy) is 2. The van der Waals surface area contributed by atoms with Crippen LogP contribution in [0.4, 0.5) is 0 Å². The lowest BCUT2D eigenvalue weighted by Gasteiger charge is -2.13. The molecule has 3 aliphatic rings. The van der Waals surface area contributed by atoms with Crippen molar-refractivity contribution in [1.29, 1.82) is 0 Å². The molecule has 1 saturated carbocycles. The van der Waals surface area contributed by atoms with Crippen LogP contribution in [0.1, 0.15) is 25.8 Å². The van der Waals surface area contributed by atoms with Gasteiger partial charge in [-0.1, -0.05) is 12.2 Å². The number of rotatable bonds is 6. The summed E-state index contributed by atoms with van der Waals surface area (Å²) in [4.78, 5) is 25.3. The molecule has 4 atom stereocenters. The van der Waals surface area contributed by atoms with Crippen molar-refractivity contribution in [2.24, 2.45) is 28.8 Å². The number of amides is 2. The molecule has 0 N–H and O–H groups in total. The van der Waals surface area contributed by atoms with E-state index >= 15 is 0 Å². The van der Waals surface area contributed by atoms with Crippen molar-refractivity contribution in [3.8, 4) is 11.5 Å². The number of carbonyl (C=O) groups excluding carboxylic acids is 2. The number of nitrogens with zero attached hydrogens (tertiary/aromatic N) is 2. The topological polar surface area (TPSA) is 68.2 Å². The Hall–Kier alpha value is -2.63. The average Bonchev–Trinajstić information content (AvgIpc) is 3.30. The number of hydrogen-bond acceptors (Lipinski definition) is 5. The zero-order valence-corrected chi connectivity index (χ0v) is 14.9. The van der Waals surface area contributed by atoms with Crippen molar-refractivity contribution in [3.05, 3.63) is 35.9 Å². The minimum atomic E-state index is -0.235. The Balaban J connectivity index is 1.57. The largest absolute Gasteiger partial charge is 0.494 e. The summed E-state index contributed by atoms with van der Waals surface area (Å²) in [5.74, 6) is 0.857. The lowest BCUT2D eigenvalue weighted by atomic mass is 9.85.